The van der Waals surface area contributed by atoms with Gasteiger partial charge >= 0.3 is 11.6 Å². The lowest BCUT2D eigenvalue weighted by Gasteiger charge is -2.19. The lowest BCUT2D eigenvalue weighted by molar-refractivity contribution is -0.142. The molecule has 1 aromatic heterocycles. The van der Waals surface area contributed by atoms with E-state index >= 15 is 0 Å². The van der Waals surface area contributed by atoms with Gasteiger partial charge in [0.1, 0.15) is 24.5 Å². The van der Waals surface area contributed by atoms with E-state index in [-0.39, 0.29) is 6.61 Å². The van der Waals surface area contributed by atoms with E-state index in [1.54, 1.807) is 30.3 Å². The Morgan fingerprint density at radius 2 is 1.86 bits per heavy atom. The van der Waals surface area contributed by atoms with E-state index in [2.05, 4.69) is 4.74 Å². The number of hydrogen-bond donors (Lipinski definition) is 0. The third-order valence-corrected chi connectivity index (χ3v) is 4.55. The average Bonchev–Trinajstić information content (AvgIpc) is 2.71. The van der Waals surface area contributed by atoms with Crippen molar-refractivity contribution in [1.29, 1.82) is 0 Å². The fourth-order valence-electron chi connectivity index (χ4n) is 3.16. The van der Waals surface area contributed by atoms with E-state index in [0.29, 0.717) is 47.2 Å². The molecule has 2 heterocycles. The lowest BCUT2D eigenvalue weighted by Crippen LogP contribution is -2.15. The topological polar surface area (TPSA) is 84.2 Å². The van der Waals surface area contributed by atoms with Crippen molar-refractivity contribution >= 4 is 16.9 Å². The minimum absolute atomic E-state index is 0.222. The molecule has 0 bridgehead atoms. The number of carbonyl (C=O) groups excluding carboxylic acids is 1. The lowest BCUT2D eigenvalue weighted by atomic mass is 9.99. The SMILES string of the molecule is COC(=O)COc1ccc2c(C)c(-c3ccc4c(c3)OCCO4)c(=O)oc2c1. The molecule has 0 saturated carbocycles. The molecule has 7 nitrogen and oxygen atoms in total. The Morgan fingerprint density at radius 3 is 2.64 bits per heavy atom. The van der Waals surface area contributed by atoms with Gasteiger partial charge in [-0.15, -0.1) is 0 Å². The van der Waals surface area contributed by atoms with Crippen molar-refractivity contribution in [3.63, 3.8) is 0 Å². The highest BCUT2D eigenvalue weighted by Gasteiger charge is 2.18. The van der Waals surface area contributed by atoms with E-state index in [1.807, 2.05) is 13.0 Å². The van der Waals surface area contributed by atoms with Crippen LogP contribution in [0.15, 0.2) is 45.6 Å². The van der Waals surface area contributed by atoms with Gasteiger partial charge in [0.05, 0.1) is 12.7 Å². The Kier molecular flexibility index (Phi) is 4.65. The second-order valence-electron chi connectivity index (χ2n) is 6.27. The smallest absolute Gasteiger partial charge is 0.344 e. The molecule has 0 N–H and O–H groups in total. The van der Waals surface area contributed by atoms with Crippen LogP contribution in [0, 0.1) is 6.92 Å². The first kappa shape index (κ1) is 17.9. The summed E-state index contributed by atoms with van der Waals surface area (Å²) in [6.45, 7) is 2.61. The van der Waals surface area contributed by atoms with Crippen molar-refractivity contribution in [1.82, 2.24) is 0 Å². The molecule has 0 fully saturated rings. The minimum Gasteiger partial charge on any atom is -0.486 e. The van der Waals surface area contributed by atoms with E-state index in [0.717, 1.165) is 10.9 Å². The van der Waals surface area contributed by atoms with Crippen molar-refractivity contribution in [3.05, 3.63) is 52.4 Å². The fourth-order valence-corrected chi connectivity index (χ4v) is 3.16. The zero-order valence-electron chi connectivity index (χ0n) is 15.4. The van der Waals surface area contributed by atoms with Crippen LogP contribution in [-0.2, 0) is 9.53 Å². The second-order valence-corrected chi connectivity index (χ2v) is 6.27. The van der Waals surface area contributed by atoms with Gasteiger partial charge in [-0.25, -0.2) is 9.59 Å². The fraction of sp³-hybridized carbons (Fsp3) is 0.238. The number of fused-ring (bicyclic) bond motifs is 2. The summed E-state index contributed by atoms with van der Waals surface area (Å²) in [5.41, 5.74) is 1.86. The number of carbonyl (C=O) groups is 1. The molecule has 0 spiro atoms. The van der Waals surface area contributed by atoms with Crippen LogP contribution in [0.5, 0.6) is 17.2 Å². The summed E-state index contributed by atoms with van der Waals surface area (Å²) >= 11 is 0. The number of benzene rings is 2. The molecular weight excluding hydrogens is 364 g/mol. The number of methoxy groups -OCH3 is 1. The van der Waals surface area contributed by atoms with Gasteiger partial charge in [0, 0.05) is 11.5 Å². The molecule has 0 atom stereocenters. The summed E-state index contributed by atoms with van der Waals surface area (Å²) in [6, 6.07) is 10.5. The largest absolute Gasteiger partial charge is 0.486 e. The first-order valence-corrected chi connectivity index (χ1v) is 8.74. The third kappa shape index (κ3) is 3.26. The number of esters is 1. The molecular formula is C21H18O7. The summed E-state index contributed by atoms with van der Waals surface area (Å²) in [6.07, 6.45) is 0. The summed E-state index contributed by atoms with van der Waals surface area (Å²) in [5, 5.41) is 0.773. The standard InChI is InChI=1S/C21H18O7/c1-12-15-5-4-14(27-11-19(22)24-2)10-17(15)28-21(23)20(12)13-3-6-16-18(9-13)26-8-7-25-16/h3-6,9-10H,7-8,11H2,1-2H3. The molecule has 0 amide bonds. The maximum absolute atomic E-state index is 12.7. The Labute approximate surface area is 160 Å². The summed E-state index contributed by atoms with van der Waals surface area (Å²) in [5.74, 6) is 1.18. The van der Waals surface area contributed by atoms with Crippen molar-refractivity contribution < 1.29 is 28.2 Å². The first-order valence-electron chi connectivity index (χ1n) is 8.74. The molecule has 144 valence electrons. The van der Waals surface area contributed by atoms with Gasteiger partial charge < -0.3 is 23.4 Å². The minimum atomic E-state index is -0.494. The highest BCUT2D eigenvalue weighted by Crippen LogP contribution is 2.36. The average molecular weight is 382 g/mol. The molecule has 1 aliphatic rings. The molecule has 0 aliphatic carbocycles. The highest BCUT2D eigenvalue weighted by molar-refractivity contribution is 5.87. The van der Waals surface area contributed by atoms with Gasteiger partial charge in [-0.05, 0) is 42.3 Å². The van der Waals surface area contributed by atoms with E-state index in [4.69, 9.17) is 18.6 Å². The molecule has 28 heavy (non-hydrogen) atoms. The van der Waals surface area contributed by atoms with Gasteiger partial charge in [-0.3, -0.25) is 0 Å². The zero-order chi connectivity index (χ0) is 19.7. The number of ether oxygens (including phenoxy) is 4. The van der Waals surface area contributed by atoms with E-state index in [1.165, 1.54) is 7.11 Å². The number of aryl methyl sites for hydroxylation is 1. The molecule has 2 aromatic carbocycles. The summed E-state index contributed by atoms with van der Waals surface area (Å²) in [7, 11) is 1.29. The van der Waals surface area contributed by atoms with Crippen molar-refractivity contribution in [3.8, 4) is 28.4 Å². The van der Waals surface area contributed by atoms with Gasteiger partial charge in [0.2, 0.25) is 0 Å². The predicted octanol–water partition coefficient (Wildman–Crippen LogP) is 3.09. The van der Waals surface area contributed by atoms with Crippen LogP contribution in [0.1, 0.15) is 5.56 Å². The Hall–Kier alpha value is -3.48. The molecule has 1 aliphatic heterocycles. The number of hydrogen-bond acceptors (Lipinski definition) is 7. The van der Waals surface area contributed by atoms with E-state index < -0.39 is 11.6 Å². The van der Waals surface area contributed by atoms with Crippen LogP contribution < -0.4 is 19.8 Å². The quantitative estimate of drug-likeness (QED) is 0.506. The van der Waals surface area contributed by atoms with Gasteiger partial charge in [-0.2, -0.15) is 0 Å². The van der Waals surface area contributed by atoms with Crippen molar-refractivity contribution in [2.24, 2.45) is 0 Å². The normalized spacial score (nSPS) is 12.6. The van der Waals surface area contributed by atoms with Crippen LogP contribution in [-0.4, -0.2) is 32.9 Å². The molecule has 7 heteroatoms. The van der Waals surface area contributed by atoms with Crippen LogP contribution in [0.3, 0.4) is 0 Å². The molecule has 0 saturated heterocycles. The Bertz CT molecular complexity index is 1110. The molecule has 4 rings (SSSR count). The molecule has 0 radical (unpaired) electrons. The second kappa shape index (κ2) is 7.26. The number of rotatable bonds is 4. The van der Waals surface area contributed by atoms with Crippen LogP contribution >= 0.6 is 0 Å². The highest BCUT2D eigenvalue weighted by atomic mass is 16.6. The first-order chi connectivity index (χ1) is 13.6. The summed E-state index contributed by atoms with van der Waals surface area (Å²) in [4.78, 5) is 23.9. The maximum Gasteiger partial charge on any atom is 0.344 e. The Morgan fingerprint density at radius 1 is 1.07 bits per heavy atom. The van der Waals surface area contributed by atoms with Crippen LogP contribution in [0.2, 0.25) is 0 Å². The molecule has 3 aromatic rings. The monoisotopic (exact) mass is 382 g/mol. The van der Waals surface area contributed by atoms with Gasteiger partial charge in [-0.1, -0.05) is 6.07 Å². The van der Waals surface area contributed by atoms with Crippen LogP contribution in [0.4, 0.5) is 0 Å². The van der Waals surface area contributed by atoms with Crippen molar-refractivity contribution in [2.45, 2.75) is 6.92 Å². The Balaban J connectivity index is 1.74. The van der Waals surface area contributed by atoms with E-state index in [9.17, 15) is 9.59 Å². The molecule has 0 unspecified atom stereocenters. The zero-order valence-corrected chi connectivity index (χ0v) is 15.4. The third-order valence-electron chi connectivity index (χ3n) is 4.55. The predicted molar refractivity (Wildman–Crippen MR) is 101 cm³/mol. The summed E-state index contributed by atoms with van der Waals surface area (Å²) < 4.78 is 26.6. The van der Waals surface area contributed by atoms with Crippen molar-refractivity contribution in [2.75, 3.05) is 26.9 Å². The van der Waals surface area contributed by atoms with Gasteiger partial charge in [0.15, 0.2) is 18.1 Å². The van der Waals surface area contributed by atoms with Crippen LogP contribution in [0.25, 0.3) is 22.1 Å². The van der Waals surface area contributed by atoms with Gasteiger partial charge in [0.25, 0.3) is 0 Å². The maximum atomic E-state index is 12.7.